The Kier molecular flexibility index (Phi) is 5.36. The third-order valence-electron chi connectivity index (χ3n) is 9.30. The van der Waals surface area contributed by atoms with E-state index < -0.39 is 22.0 Å². The Labute approximate surface area is 215 Å². The van der Waals surface area contributed by atoms with Gasteiger partial charge in [-0.3, -0.25) is 19.8 Å². The monoisotopic (exact) mass is 505 g/mol. The van der Waals surface area contributed by atoms with Crippen molar-refractivity contribution in [2.24, 2.45) is 0 Å². The van der Waals surface area contributed by atoms with E-state index in [1.807, 2.05) is 12.1 Å². The van der Waals surface area contributed by atoms with Crippen molar-refractivity contribution >= 4 is 11.6 Å². The smallest absolute Gasteiger partial charge is 0.269 e. The molecule has 6 rings (SSSR count). The van der Waals surface area contributed by atoms with E-state index in [9.17, 15) is 25.1 Å². The number of ether oxygens (including phenoxy) is 1. The number of hydrogen-bond acceptors (Lipinski definition) is 7. The number of nitro groups is 1. The van der Waals surface area contributed by atoms with Crippen LogP contribution in [0.5, 0.6) is 11.5 Å². The summed E-state index contributed by atoms with van der Waals surface area (Å²) < 4.78 is 6.53. The molecule has 1 saturated heterocycles. The van der Waals surface area contributed by atoms with Crippen molar-refractivity contribution in [2.45, 2.75) is 61.3 Å². The number of rotatable bonds is 6. The summed E-state index contributed by atoms with van der Waals surface area (Å²) in [6.07, 6.45) is 3.89. The van der Waals surface area contributed by atoms with E-state index in [2.05, 4.69) is 11.5 Å². The van der Waals surface area contributed by atoms with E-state index >= 15 is 0 Å². The molecular formula is C28H31N3O6. The molecule has 5 atom stereocenters. The Bertz CT molecular complexity index is 1300. The maximum absolute atomic E-state index is 13.4. The molecular weight excluding hydrogens is 474 g/mol. The number of carbonyl (C=O) groups is 1. The summed E-state index contributed by atoms with van der Waals surface area (Å²) >= 11 is 0. The van der Waals surface area contributed by atoms with Gasteiger partial charge in [0.1, 0.15) is 6.10 Å². The summed E-state index contributed by atoms with van der Waals surface area (Å²) in [5.74, 6) is 0.385. The maximum Gasteiger partial charge on any atom is 0.269 e. The number of phenols is 1. The van der Waals surface area contributed by atoms with Crippen LogP contribution in [0.2, 0.25) is 0 Å². The molecule has 0 unspecified atom stereocenters. The second-order valence-electron chi connectivity index (χ2n) is 10.8. The lowest BCUT2D eigenvalue weighted by atomic mass is 9.48. The Morgan fingerprint density at radius 1 is 1.30 bits per heavy atom. The SMILES string of the molecule is C=CCN1CC[C@]23c4c5ccc(O)c4O[C@H]2[C@H](N(C)C(=O)Cc2ccc([N+](=O)[O-])cc2)CC[C@@]3(O)[C@H]1C5. The lowest BCUT2D eigenvalue weighted by molar-refractivity contribution is -0.384. The Morgan fingerprint density at radius 2 is 2.05 bits per heavy atom. The van der Waals surface area contributed by atoms with E-state index in [1.165, 1.54) is 12.1 Å². The van der Waals surface area contributed by atoms with Gasteiger partial charge in [-0.2, -0.15) is 0 Å². The molecule has 4 aliphatic rings. The Hall–Kier alpha value is -3.43. The number of likely N-dealkylation sites (N-methyl/N-ethyl adjacent to an activating group) is 1. The van der Waals surface area contributed by atoms with Crippen LogP contribution in [-0.2, 0) is 23.1 Å². The molecule has 9 nitrogen and oxygen atoms in total. The number of non-ortho nitro benzene ring substituents is 1. The van der Waals surface area contributed by atoms with Crippen molar-refractivity contribution in [3.05, 3.63) is 75.9 Å². The Morgan fingerprint density at radius 3 is 2.76 bits per heavy atom. The van der Waals surface area contributed by atoms with Gasteiger partial charge in [0.2, 0.25) is 5.91 Å². The molecule has 1 spiro atoms. The van der Waals surface area contributed by atoms with Gasteiger partial charge in [-0.15, -0.1) is 6.58 Å². The second kappa shape index (κ2) is 8.29. The maximum atomic E-state index is 13.4. The van der Waals surface area contributed by atoms with Crippen LogP contribution in [0.15, 0.2) is 49.1 Å². The van der Waals surface area contributed by atoms with Gasteiger partial charge in [0, 0.05) is 37.3 Å². The summed E-state index contributed by atoms with van der Waals surface area (Å²) in [5.41, 5.74) is 0.900. The van der Waals surface area contributed by atoms with Gasteiger partial charge in [0.15, 0.2) is 11.5 Å². The van der Waals surface area contributed by atoms with E-state index in [4.69, 9.17) is 4.74 Å². The Balaban J connectivity index is 1.35. The number of phenolic OH excluding ortho intramolecular Hbond substituents is 1. The minimum Gasteiger partial charge on any atom is -0.504 e. The van der Waals surface area contributed by atoms with Gasteiger partial charge in [0.25, 0.3) is 5.69 Å². The first-order valence-electron chi connectivity index (χ1n) is 12.8. The molecule has 2 aromatic rings. The van der Waals surface area contributed by atoms with Crippen molar-refractivity contribution in [3.63, 3.8) is 0 Å². The molecule has 2 aliphatic heterocycles. The predicted molar refractivity (Wildman–Crippen MR) is 136 cm³/mol. The molecule has 2 fully saturated rings. The van der Waals surface area contributed by atoms with E-state index in [-0.39, 0.29) is 35.8 Å². The highest BCUT2D eigenvalue weighted by molar-refractivity contribution is 5.79. The average Bonchev–Trinajstić information content (AvgIpc) is 3.23. The molecule has 1 amide bonds. The summed E-state index contributed by atoms with van der Waals surface area (Å²) in [7, 11) is 1.76. The fourth-order valence-electron chi connectivity index (χ4n) is 7.61. The summed E-state index contributed by atoms with van der Waals surface area (Å²) in [5, 5.41) is 34.2. The quantitative estimate of drug-likeness (QED) is 0.352. The number of piperidine rings is 1. The molecule has 2 aliphatic carbocycles. The highest BCUT2D eigenvalue weighted by atomic mass is 16.6. The third-order valence-corrected chi connectivity index (χ3v) is 9.30. The molecule has 37 heavy (non-hydrogen) atoms. The molecule has 2 heterocycles. The number of hydrogen-bond donors (Lipinski definition) is 2. The zero-order valence-corrected chi connectivity index (χ0v) is 20.8. The number of aliphatic hydroxyl groups is 1. The first-order valence-corrected chi connectivity index (χ1v) is 12.8. The molecule has 1 saturated carbocycles. The van der Waals surface area contributed by atoms with Crippen LogP contribution in [0.1, 0.15) is 36.0 Å². The van der Waals surface area contributed by atoms with Crippen LogP contribution >= 0.6 is 0 Å². The van der Waals surface area contributed by atoms with Gasteiger partial charge in [-0.1, -0.05) is 24.3 Å². The average molecular weight is 506 g/mol. The lowest BCUT2D eigenvalue weighted by Crippen LogP contribution is -2.78. The summed E-state index contributed by atoms with van der Waals surface area (Å²) in [6, 6.07) is 9.23. The number of nitro benzene ring substituents is 1. The third kappa shape index (κ3) is 3.20. The van der Waals surface area contributed by atoms with Crippen LogP contribution < -0.4 is 4.74 Å². The fraction of sp³-hybridized carbons (Fsp3) is 0.464. The van der Waals surface area contributed by atoms with Crippen molar-refractivity contribution < 1.29 is 24.7 Å². The van der Waals surface area contributed by atoms with Crippen molar-refractivity contribution in [1.29, 1.82) is 0 Å². The zero-order chi connectivity index (χ0) is 26.1. The second-order valence-corrected chi connectivity index (χ2v) is 10.8. The number of benzene rings is 2. The largest absolute Gasteiger partial charge is 0.504 e. The van der Waals surface area contributed by atoms with E-state index in [0.29, 0.717) is 43.5 Å². The molecule has 2 aromatic carbocycles. The first kappa shape index (κ1) is 23.9. The molecule has 2 bridgehead atoms. The minimum atomic E-state index is -1.05. The molecule has 0 radical (unpaired) electrons. The molecule has 194 valence electrons. The highest BCUT2D eigenvalue weighted by Crippen LogP contribution is 2.65. The van der Waals surface area contributed by atoms with Gasteiger partial charge >= 0.3 is 0 Å². The standard InChI is InChI=1S/C28H31N3O6/c1-3-13-30-14-12-27-24-18-6-9-21(32)25(24)37-26(27)20(10-11-28(27,34)22(30)16-18)29(2)23(33)15-17-4-7-19(8-5-17)31(35)36/h3-9,20,22,26,32,34H,1,10-16H2,2H3/t20-,22-,26+,27+,28-/m1/s1. The van der Waals surface area contributed by atoms with Crippen LogP contribution in [0, 0.1) is 10.1 Å². The van der Waals surface area contributed by atoms with Gasteiger partial charge < -0.3 is 19.8 Å². The fourth-order valence-corrected chi connectivity index (χ4v) is 7.61. The van der Waals surface area contributed by atoms with Crippen LogP contribution in [-0.4, -0.2) is 74.8 Å². The summed E-state index contributed by atoms with van der Waals surface area (Å²) in [4.78, 5) is 27.9. The summed E-state index contributed by atoms with van der Waals surface area (Å²) in [6.45, 7) is 5.36. The van der Waals surface area contributed by atoms with Gasteiger partial charge in [-0.05, 0) is 49.4 Å². The minimum absolute atomic E-state index is 0.0161. The predicted octanol–water partition coefficient (Wildman–Crippen LogP) is 2.71. The van der Waals surface area contributed by atoms with E-state index in [1.54, 1.807) is 30.1 Å². The van der Waals surface area contributed by atoms with Crippen molar-refractivity contribution in [2.75, 3.05) is 20.1 Å². The lowest BCUT2D eigenvalue weighted by Gasteiger charge is -2.64. The van der Waals surface area contributed by atoms with Gasteiger partial charge in [0.05, 0.1) is 28.4 Å². The normalized spacial score (nSPS) is 31.2. The van der Waals surface area contributed by atoms with Crippen LogP contribution in [0.25, 0.3) is 0 Å². The van der Waals surface area contributed by atoms with Crippen LogP contribution in [0.3, 0.4) is 0 Å². The number of likely N-dealkylation sites (tertiary alicyclic amines) is 1. The van der Waals surface area contributed by atoms with Gasteiger partial charge in [-0.25, -0.2) is 0 Å². The molecule has 0 aromatic heterocycles. The van der Waals surface area contributed by atoms with Crippen molar-refractivity contribution in [3.8, 4) is 11.5 Å². The van der Waals surface area contributed by atoms with E-state index in [0.717, 1.165) is 17.7 Å². The number of amides is 1. The first-order chi connectivity index (χ1) is 17.7. The number of aromatic hydroxyl groups is 1. The topological polar surface area (TPSA) is 116 Å². The zero-order valence-electron chi connectivity index (χ0n) is 20.8. The highest BCUT2D eigenvalue weighted by Gasteiger charge is 2.73. The number of nitrogens with zero attached hydrogens (tertiary/aromatic N) is 3. The molecule has 2 N–H and O–H groups in total. The van der Waals surface area contributed by atoms with Crippen molar-refractivity contribution in [1.82, 2.24) is 9.80 Å². The van der Waals surface area contributed by atoms with Crippen LogP contribution in [0.4, 0.5) is 5.69 Å². The number of carbonyl (C=O) groups excluding carboxylic acids is 1. The molecule has 9 heteroatoms.